The van der Waals surface area contributed by atoms with Gasteiger partial charge in [-0.3, -0.25) is 4.79 Å². The molecule has 1 aromatic rings. The molecule has 1 amide bonds. The van der Waals surface area contributed by atoms with E-state index in [1.165, 1.54) is 18.2 Å². The van der Waals surface area contributed by atoms with Gasteiger partial charge in [0.1, 0.15) is 11.9 Å². The van der Waals surface area contributed by atoms with Crippen molar-refractivity contribution in [2.75, 3.05) is 19.7 Å². The van der Waals surface area contributed by atoms with Crippen LogP contribution in [0.2, 0.25) is 0 Å². The van der Waals surface area contributed by atoms with Gasteiger partial charge in [0.05, 0.1) is 13.2 Å². The lowest BCUT2D eigenvalue weighted by Crippen LogP contribution is -2.41. The number of ether oxygens (including phenoxy) is 2. The highest BCUT2D eigenvalue weighted by atomic mass is 19.3. The highest BCUT2D eigenvalue weighted by Gasteiger charge is 2.24. The molecule has 20 heavy (non-hydrogen) atoms. The Kier molecular flexibility index (Phi) is 4.68. The topological polar surface area (TPSA) is 38.8 Å². The van der Waals surface area contributed by atoms with Crippen molar-refractivity contribution in [2.24, 2.45) is 0 Å². The maximum atomic E-state index is 12.1. The fourth-order valence-corrected chi connectivity index (χ4v) is 2.04. The van der Waals surface area contributed by atoms with Crippen LogP contribution in [0.3, 0.4) is 0 Å². The van der Waals surface area contributed by atoms with E-state index in [9.17, 15) is 13.6 Å². The third kappa shape index (κ3) is 3.54. The minimum atomic E-state index is -2.84. The Hall–Kier alpha value is -1.95. The summed E-state index contributed by atoms with van der Waals surface area (Å²) in [5.41, 5.74) is 0.813. The minimum Gasteiger partial charge on any atom is -0.435 e. The lowest BCUT2D eigenvalue weighted by Gasteiger charge is -2.32. The summed E-state index contributed by atoms with van der Waals surface area (Å²) in [6, 6.07) is 6.23. The van der Waals surface area contributed by atoms with Gasteiger partial charge >= 0.3 is 6.61 Å². The van der Waals surface area contributed by atoms with Crippen LogP contribution in [0.15, 0.2) is 36.9 Å². The number of alkyl halides is 2. The van der Waals surface area contributed by atoms with Gasteiger partial charge in [-0.1, -0.05) is 18.7 Å². The van der Waals surface area contributed by atoms with Crippen molar-refractivity contribution >= 4 is 5.91 Å². The molecule has 0 aliphatic carbocycles. The second-order valence-corrected chi connectivity index (χ2v) is 4.30. The average Bonchev–Trinajstić information content (AvgIpc) is 2.47. The summed E-state index contributed by atoms with van der Waals surface area (Å²) >= 11 is 0. The third-order valence-corrected chi connectivity index (χ3v) is 3.03. The number of halogens is 2. The molecule has 0 radical (unpaired) electrons. The number of carbonyl (C=O) groups excluding carboxylic acids is 1. The molecule has 108 valence electrons. The first-order valence-electron chi connectivity index (χ1n) is 6.18. The van der Waals surface area contributed by atoms with Crippen molar-refractivity contribution in [3.8, 4) is 5.75 Å². The maximum absolute atomic E-state index is 12.1. The number of amides is 1. The Morgan fingerprint density at radius 3 is 2.75 bits per heavy atom. The molecule has 0 bridgehead atoms. The predicted molar refractivity (Wildman–Crippen MR) is 68.5 cm³/mol. The summed E-state index contributed by atoms with van der Waals surface area (Å²) in [5.74, 6) is -0.0467. The van der Waals surface area contributed by atoms with Crippen molar-refractivity contribution in [1.82, 2.24) is 4.90 Å². The van der Waals surface area contributed by atoms with Gasteiger partial charge in [0.15, 0.2) is 0 Å². The van der Waals surface area contributed by atoms with E-state index < -0.39 is 6.61 Å². The number of benzene rings is 1. The second-order valence-electron chi connectivity index (χ2n) is 4.30. The zero-order chi connectivity index (χ0) is 14.5. The highest BCUT2D eigenvalue weighted by molar-refractivity contribution is 5.87. The summed E-state index contributed by atoms with van der Waals surface area (Å²) in [6.45, 7) is 1.98. The molecular weight excluding hydrogens is 268 g/mol. The number of hydrogen-bond acceptors (Lipinski definition) is 3. The monoisotopic (exact) mass is 283 g/mol. The Bertz CT molecular complexity index is 476. The first-order valence-corrected chi connectivity index (χ1v) is 6.18. The van der Waals surface area contributed by atoms with E-state index in [2.05, 4.69) is 11.3 Å². The van der Waals surface area contributed by atoms with E-state index in [4.69, 9.17) is 4.74 Å². The second kappa shape index (κ2) is 6.47. The molecule has 1 unspecified atom stereocenters. The summed E-state index contributed by atoms with van der Waals surface area (Å²) in [5, 5.41) is 0. The van der Waals surface area contributed by atoms with Gasteiger partial charge in [-0.2, -0.15) is 8.78 Å². The Balaban J connectivity index is 2.03. The smallest absolute Gasteiger partial charge is 0.387 e. The molecule has 0 aromatic heterocycles. The molecule has 1 aromatic carbocycles. The van der Waals surface area contributed by atoms with Crippen molar-refractivity contribution in [1.29, 1.82) is 0 Å². The lowest BCUT2D eigenvalue weighted by atomic mass is 10.1. The van der Waals surface area contributed by atoms with Crippen LogP contribution in [0.25, 0.3) is 0 Å². The number of carbonyl (C=O) groups is 1. The van der Waals surface area contributed by atoms with Crippen LogP contribution in [0, 0.1) is 0 Å². The molecule has 1 aliphatic heterocycles. The van der Waals surface area contributed by atoms with Gasteiger partial charge in [0, 0.05) is 6.54 Å². The van der Waals surface area contributed by atoms with Gasteiger partial charge in [0.2, 0.25) is 5.91 Å². The van der Waals surface area contributed by atoms with Crippen LogP contribution in [-0.4, -0.2) is 37.1 Å². The van der Waals surface area contributed by atoms with Crippen LogP contribution in [0.5, 0.6) is 5.75 Å². The summed E-state index contributed by atoms with van der Waals surface area (Å²) < 4.78 is 34.0. The van der Waals surface area contributed by atoms with Crippen molar-refractivity contribution in [3.05, 3.63) is 42.5 Å². The Morgan fingerprint density at radius 1 is 1.45 bits per heavy atom. The van der Waals surface area contributed by atoms with Crippen molar-refractivity contribution in [2.45, 2.75) is 12.7 Å². The fraction of sp³-hybridized carbons (Fsp3) is 0.357. The van der Waals surface area contributed by atoms with E-state index in [1.807, 2.05) is 0 Å². The van der Waals surface area contributed by atoms with Crippen LogP contribution < -0.4 is 4.74 Å². The Morgan fingerprint density at radius 2 is 2.15 bits per heavy atom. The molecule has 1 heterocycles. The minimum absolute atomic E-state index is 0.0959. The first kappa shape index (κ1) is 14.5. The van der Waals surface area contributed by atoms with E-state index in [0.29, 0.717) is 19.7 Å². The average molecular weight is 283 g/mol. The first-order chi connectivity index (χ1) is 9.60. The van der Waals surface area contributed by atoms with E-state index in [-0.39, 0.29) is 17.8 Å². The number of rotatable bonds is 4. The molecule has 0 spiro atoms. The highest BCUT2D eigenvalue weighted by Crippen LogP contribution is 2.25. The van der Waals surface area contributed by atoms with Crippen molar-refractivity contribution < 1.29 is 23.0 Å². The molecule has 1 atom stereocenters. The predicted octanol–water partition coefficient (Wildman–Crippen LogP) is 2.37. The largest absolute Gasteiger partial charge is 0.435 e. The van der Waals surface area contributed by atoms with Crippen LogP contribution >= 0.6 is 0 Å². The van der Waals surface area contributed by atoms with E-state index in [1.54, 1.807) is 17.0 Å². The number of nitrogens with zero attached hydrogens (tertiary/aromatic N) is 1. The molecule has 4 nitrogen and oxygen atoms in total. The standard InChI is InChI=1S/C14H15F2NO3/c1-2-13(18)17-7-8-19-12(9-17)10-3-5-11(6-4-10)20-14(15)16/h2-6,12,14H,1,7-9H2. The maximum Gasteiger partial charge on any atom is 0.387 e. The van der Waals surface area contributed by atoms with Crippen molar-refractivity contribution in [3.63, 3.8) is 0 Å². The lowest BCUT2D eigenvalue weighted by molar-refractivity contribution is -0.133. The van der Waals surface area contributed by atoms with Crippen LogP contribution in [0.1, 0.15) is 11.7 Å². The third-order valence-electron chi connectivity index (χ3n) is 3.03. The molecule has 2 rings (SSSR count). The van der Waals surface area contributed by atoms with Gasteiger partial charge in [0.25, 0.3) is 0 Å². The van der Waals surface area contributed by atoms with Gasteiger partial charge in [-0.05, 0) is 23.8 Å². The van der Waals surface area contributed by atoms with Crippen LogP contribution in [0.4, 0.5) is 8.78 Å². The molecule has 0 N–H and O–H groups in total. The molecule has 1 fully saturated rings. The summed E-state index contributed by atoms with van der Waals surface area (Å²) in [7, 11) is 0. The Labute approximate surface area is 115 Å². The van der Waals surface area contributed by atoms with E-state index >= 15 is 0 Å². The molecule has 1 aliphatic rings. The SMILES string of the molecule is C=CC(=O)N1CCOC(c2ccc(OC(F)F)cc2)C1. The normalized spacial score (nSPS) is 18.9. The van der Waals surface area contributed by atoms with Crippen LogP contribution in [-0.2, 0) is 9.53 Å². The zero-order valence-electron chi connectivity index (χ0n) is 10.8. The molecule has 6 heteroatoms. The quantitative estimate of drug-likeness (QED) is 0.796. The van der Waals surface area contributed by atoms with Gasteiger partial charge in [-0.25, -0.2) is 0 Å². The van der Waals surface area contributed by atoms with E-state index in [0.717, 1.165) is 5.56 Å². The van der Waals surface area contributed by atoms with Gasteiger partial charge in [-0.15, -0.1) is 0 Å². The molecular formula is C14H15F2NO3. The molecule has 1 saturated heterocycles. The summed E-state index contributed by atoms with van der Waals surface area (Å²) in [4.78, 5) is 13.2. The number of morpholine rings is 1. The number of hydrogen-bond donors (Lipinski definition) is 0. The fourth-order valence-electron chi connectivity index (χ4n) is 2.04. The summed E-state index contributed by atoms with van der Waals surface area (Å²) in [6.07, 6.45) is 0.996. The zero-order valence-corrected chi connectivity index (χ0v) is 10.8. The molecule has 0 saturated carbocycles. The van der Waals surface area contributed by atoms with Gasteiger partial charge < -0.3 is 14.4 Å².